The normalized spacial score (nSPS) is 12.9. The van der Waals surface area contributed by atoms with Crippen LogP contribution in [0.2, 0.25) is 0 Å². The van der Waals surface area contributed by atoms with Crippen LogP contribution in [0.3, 0.4) is 0 Å². The van der Waals surface area contributed by atoms with E-state index in [1.54, 1.807) is 11.8 Å². The van der Waals surface area contributed by atoms with Gasteiger partial charge in [0.2, 0.25) is 0 Å². The molecule has 12 heavy (non-hydrogen) atoms. The van der Waals surface area contributed by atoms with Crippen molar-refractivity contribution in [1.29, 1.82) is 0 Å². The summed E-state index contributed by atoms with van der Waals surface area (Å²) in [6.45, 7) is 0. The molecule has 0 aromatic heterocycles. The van der Waals surface area contributed by atoms with Gasteiger partial charge in [-0.3, -0.25) is 0 Å². The number of alkyl halides is 1. The molecule has 1 rings (SSSR count). The van der Waals surface area contributed by atoms with Crippen LogP contribution in [0.25, 0.3) is 0 Å². The molecule has 0 bridgehead atoms. The van der Waals surface area contributed by atoms with Crippen LogP contribution in [0.15, 0.2) is 29.2 Å². The molecule has 1 N–H and O–H groups in total. The predicted molar refractivity (Wildman–Crippen MR) is 59.0 cm³/mol. The van der Waals surface area contributed by atoms with E-state index in [0.29, 0.717) is 0 Å². The summed E-state index contributed by atoms with van der Waals surface area (Å²) in [6, 6.07) is 8.51. The van der Waals surface area contributed by atoms with Crippen molar-refractivity contribution in [2.24, 2.45) is 0 Å². The van der Waals surface area contributed by atoms with Crippen molar-refractivity contribution >= 4 is 27.7 Å². The van der Waals surface area contributed by atoms with Crippen LogP contribution in [0.4, 0.5) is 0 Å². The fourth-order valence-corrected chi connectivity index (χ4v) is 1.65. The fraction of sp³-hybridized carbons (Fsp3) is 0.333. The summed E-state index contributed by atoms with van der Waals surface area (Å²) in [5.74, 6) is 0. The Morgan fingerprint density at radius 2 is 1.92 bits per heavy atom. The number of hydrogen-bond acceptors (Lipinski definition) is 2. The van der Waals surface area contributed by atoms with Crippen molar-refractivity contribution in [3.05, 3.63) is 29.8 Å². The summed E-state index contributed by atoms with van der Waals surface area (Å²) in [7, 11) is 1.93. The lowest BCUT2D eigenvalue weighted by atomic mass is 10.2. The molecule has 0 spiro atoms. The Kier molecular flexibility index (Phi) is 4.12. The standard InChI is InChI=1S/C9H12BrNS/c1-11-9(10)7-3-5-8(12-2)6-4-7/h3-6,9,11H,1-2H3. The van der Waals surface area contributed by atoms with Gasteiger partial charge in [-0.15, -0.1) is 11.8 Å². The number of rotatable bonds is 3. The molecular formula is C9H12BrNS. The number of thioether (sulfide) groups is 1. The first-order chi connectivity index (χ1) is 5.77. The Bertz CT molecular complexity index is 235. The molecule has 0 saturated heterocycles. The Hall–Kier alpha value is 0.01000. The third-order valence-electron chi connectivity index (χ3n) is 1.66. The van der Waals surface area contributed by atoms with Crippen LogP contribution in [0.1, 0.15) is 10.5 Å². The van der Waals surface area contributed by atoms with Crippen LogP contribution in [-0.4, -0.2) is 13.3 Å². The van der Waals surface area contributed by atoms with Crippen molar-refractivity contribution in [2.45, 2.75) is 9.85 Å². The van der Waals surface area contributed by atoms with Gasteiger partial charge in [-0.2, -0.15) is 0 Å². The third-order valence-corrected chi connectivity index (χ3v) is 3.39. The first-order valence-corrected chi connectivity index (χ1v) is 5.87. The maximum Gasteiger partial charge on any atom is 0.0884 e. The van der Waals surface area contributed by atoms with Gasteiger partial charge in [0, 0.05) is 4.90 Å². The number of benzene rings is 1. The second kappa shape index (κ2) is 4.90. The van der Waals surface area contributed by atoms with Crippen LogP contribution in [-0.2, 0) is 0 Å². The number of hydrogen-bond donors (Lipinski definition) is 1. The smallest absolute Gasteiger partial charge is 0.0884 e. The minimum absolute atomic E-state index is 0.258. The largest absolute Gasteiger partial charge is 0.304 e. The van der Waals surface area contributed by atoms with Gasteiger partial charge in [-0.1, -0.05) is 28.1 Å². The molecule has 1 atom stereocenters. The lowest BCUT2D eigenvalue weighted by molar-refractivity contribution is 0.807. The van der Waals surface area contributed by atoms with Gasteiger partial charge in [-0.05, 0) is 31.0 Å². The highest BCUT2D eigenvalue weighted by Crippen LogP contribution is 2.22. The summed E-state index contributed by atoms with van der Waals surface area (Å²) in [5, 5.41) is 3.13. The maximum absolute atomic E-state index is 3.51. The maximum atomic E-state index is 3.51. The zero-order valence-electron chi connectivity index (χ0n) is 7.17. The van der Waals surface area contributed by atoms with Gasteiger partial charge in [0.25, 0.3) is 0 Å². The SMILES string of the molecule is CNC(Br)c1ccc(SC)cc1. The van der Waals surface area contributed by atoms with Gasteiger partial charge in [0.1, 0.15) is 0 Å². The highest BCUT2D eigenvalue weighted by atomic mass is 79.9. The first-order valence-electron chi connectivity index (χ1n) is 3.73. The molecular weight excluding hydrogens is 234 g/mol. The van der Waals surface area contributed by atoms with Crippen molar-refractivity contribution in [3.8, 4) is 0 Å². The van der Waals surface area contributed by atoms with Gasteiger partial charge in [0.05, 0.1) is 4.95 Å². The molecule has 0 radical (unpaired) electrons. The molecule has 0 aliphatic carbocycles. The Balaban J connectivity index is 2.77. The van der Waals surface area contributed by atoms with E-state index < -0.39 is 0 Å². The van der Waals surface area contributed by atoms with E-state index in [9.17, 15) is 0 Å². The van der Waals surface area contributed by atoms with Crippen LogP contribution in [0, 0.1) is 0 Å². The minimum Gasteiger partial charge on any atom is -0.304 e. The summed E-state index contributed by atoms with van der Waals surface area (Å²) < 4.78 is 0. The molecule has 0 saturated carbocycles. The Labute approximate surface area is 86.1 Å². The minimum atomic E-state index is 0.258. The van der Waals surface area contributed by atoms with Crippen LogP contribution >= 0.6 is 27.7 Å². The van der Waals surface area contributed by atoms with Crippen molar-refractivity contribution in [1.82, 2.24) is 5.32 Å². The number of nitrogens with one attached hydrogen (secondary N) is 1. The molecule has 0 heterocycles. The fourth-order valence-electron chi connectivity index (χ4n) is 0.940. The molecule has 1 nitrogen and oxygen atoms in total. The van der Waals surface area contributed by atoms with Crippen LogP contribution < -0.4 is 5.32 Å². The Morgan fingerprint density at radius 3 is 2.33 bits per heavy atom. The highest BCUT2D eigenvalue weighted by molar-refractivity contribution is 9.09. The topological polar surface area (TPSA) is 12.0 Å². The second-order valence-corrected chi connectivity index (χ2v) is 4.22. The van der Waals surface area contributed by atoms with Crippen molar-refractivity contribution in [2.75, 3.05) is 13.3 Å². The second-order valence-electron chi connectivity index (χ2n) is 2.42. The zero-order valence-corrected chi connectivity index (χ0v) is 9.58. The Morgan fingerprint density at radius 1 is 1.33 bits per heavy atom. The van der Waals surface area contributed by atoms with Gasteiger partial charge in [-0.25, -0.2) is 0 Å². The lowest BCUT2D eigenvalue weighted by Crippen LogP contribution is -2.08. The molecule has 0 fully saturated rings. The summed E-state index contributed by atoms with van der Waals surface area (Å²) in [6.07, 6.45) is 2.08. The quantitative estimate of drug-likeness (QED) is 0.500. The molecule has 66 valence electrons. The average molecular weight is 246 g/mol. The molecule has 0 amide bonds. The van der Waals surface area contributed by atoms with E-state index in [0.717, 1.165) is 0 Å². The van der Waals surface area contributed by atoms with E-state index in [-0.39, 0.29) is 4.95 Å². The zero-order chi connectivity index (χ0) is 8.97. The summed E-state index contributed by atoms with van der Waals surface area (Å²) >= 11 is 5.27. The predicted octanol–water partition coefficient (Wildman–Crippen LogP) is 3.02. The van der Waals surface area contributed by atoms with Gasteiger partial charge >= 0.3 is 0 Å². The molecule has 1 unspecified atom stereocenters. The van der Waals surface area contributed by atoms with E-state index >= 15 is 0 Å². The third kappa shape index (κ3) is 2.51. The molecule has 1 aromatic rings. The van der Waals surface area contributed by atoms with E-state index in [1.807, 2.05) is 7.05 Å². The molecule has 0 aliphatic rings. The molecule has 3 heteroatoms. The molecule has 0 aliphatic heterocycles. The summed E-state index contributed by atoms with van der Waals surface area (Å²) in [4.78, 5) is 1.56. The van der Waals surface area contributed by atoms with Crippen molar-refractivity contribution in [3.63, 3.8) is 0 Å². The average Bonchev–Trinajstić information content (AvgIpc) is 2.17. The monoisotopic (exact) mass is 245 g/mol. The van der Waals surface area contributed by atoms with Crippen molar-refractivity contribution < 1.29 is 0 Å². The van der Waals surface area contributed by atoms with Gasteiger partial charge in [0.15, 0.2) is 0 Å². The molecule has 1 aromatic carbocycles. The van der Waals surface area contributed by atoms with Gasteiger partial charge < -0.3 is 5.32 Å². The van der Waals surface area contributed by atoms with Crippen LogP contribution in [0.5, 0.6) is 0 Å². The van der Waals surface area contributed by atoms with E-state index in [2.05, 4.69) is 51.8 Å². The highest BCUT2D eigenvalue weighted by Gasteiger charge is 2.02. The van der Waals surface area contributed by atoms with E-state index in [1.165, 1.54) is 10.5 Å². The number of halogens is 1. The lowest BCUT2D eigenvalue weighted by Gasteiger charge is -2.08. The van der Waals surface area contributed by atoms with E-state index in [4.69, 9.17) is 0 Å². The first kappa shape index (κ1) is 10.1. The summed E-state index contributed by atoms with van der Waals surface area (Å²) in [5.41, 5.74) is 1.26.